The van der Waals surface area contributed by atoms with Crippen molar-refractivity contribution in [2.75, 3.05) is 6.61 Å². The van der Waals surface area contributed by atoms with Crippen molar-refractivity contribution >= 4 is 35.0 Å². The van der Waals surface area contributed by atoms with E-state index in [1.54, 1.807) is 35.2 Å². The Morgan fingerprint density at radius 2 is 1.84 bits per heavy atom. The summed E-state index contributed by atoms with van der Waals surface area (Å²) in [5.74, 6) is 0.0985. The van der Waals surface area contributed by atoms with Crippen LogP contribution in [0.1, 0.15) is 51.0 Å². The van der Waals surface area contributed by atoms with Crippen molar-refractivity contribution in [2.45, 2.75) is 64.1 Å². The monoisotopic (exact) mass is 476 g/mol. The number of amides is 2. The van der Waals surface area contributed by atoms with E-state index >= 15 is 0 Å². The fraction of sp³-hybridized carbons (Fsp3) is 0.440. The molecule has 0 aromatic heterocycles. The van der Waals surface area contributed by atoms with Gasteiger partial charge in [-0.3, -0.25) is 9.59 Å². The maximum atomic E-state index is 13.3. The van der Waals surface area contributed by atoms with Gasteiger partial charge in [0.25, 0.3) is 5.91 Å². The molecule has 0 bridgehead atoms. The number of nitrogens with one attached hydrogen (secondary N) is 1. The number of rotatable bonds is 9. The molecule has 0 heterocycles. The molecule has 1 atom stereocenters. The van der Waals surface area contributed by atoms with Gasteiger partial charge in [0.2, 0.25) is 5.91 Å². The SMILES string of the molecule is CC[C@@H](C(=O)NC1CCCCC1)N(Cc1ccccc1Cl)C(=O)COc1cccc(Cl)c1. The van der Waals surface area contributed by atoms with Crippen molar-refractivity contribution in [3.05, 3.63) is 64.1 Å². The summed E-state index contributed by atoms with van der Waals surface area (Å²) < 4.78 is 5.68. The first-order valence-corrected chi connectivity index (χ1v) is 11.9. The molecule has 0 spiro atoms. The van der Waals surface area contributed by atoms with Crippen LogP contribution in [0.2, 0.25) is 10.0 Å². The third kappa shape index (κ3) is 6.88. The molecule has 2 aromatic carbocycles. The van der Waals surface area contributed by atoms with E-state index < -0.39 is 6.04 Å². The molecular weight excluding hydrogens is 447 g/mol. The molecule has 0 unspecified atom stereocenters. The Hall–Kier alpha value is -2.24. The van der Waals surface area contributed by atoms with Crippen molar-refractivity contribution in [1.82, 2.24) is 10.2 Å². The van der Waals surface area contributed by atoms with Gasteiger partial charge in [0.15, 0.2) is 6.61 Å². The maximum Gasteiger partial charge on any atom is 0.261 e. The quantitative estimate of drug-likeness (QED) is 0.510. The van der Waals surface area contributed by atoms with Crippen molar-refractivity contribution < 1.29 is 14.3 Å². The summed E-state index contributed by atoms with van der Waals surface area (Å²) in [7, 11) is 0. The van der Waals surface area contributed by atoms with E-state index in [0.717, 1.165) is 31.2 Å². The van der Waals surface area contributed by atoms with Gasteiger partial charge < -0.3 is 15.0 Å². The van der Waals surface area contributed by atoms with Crippen LogP contribution in [0, 0.1) is 0 Å². The summed E-state index contributed by atoms with van der Waals surface area (Å²) >= 11 is 12.4. The molecule has 32 heavy (non-hydrogen) atoms. The Morgan fingerprint density at radius 1 is 1.09 bits per heavy atom. The predicted molar refractivity (Wildman–Crippen MR) is 128 cm³/mol. The second-order valence-corrected chi connectivity index (χ2v) is 8.97. The van der Waals surface area contributed by atoms with Crippen LogP contribution in [-0.2, 0) is 16.1 Å². The number of halogens is 2. The average molecular weight is 477 g/mol. The highest BCUT2D eigenvalue weighted by Crippen LogP contribution is 2.22. The molecule has 3 rings (SSSR count). The molecule has 1 fully saturated rings. The molecule has 0 radical (unpaired) electrons. The van der Waals surface area contributed by atoms with Crippen LogP contribution < -0.4 is 10.1 Å². The molecule has 2 amide bonds. The summed E-state index contributed by atoms with van der Waals surface area (Å²) in [6.07, 6.45) is 5.92. The van der Waals surface area contributed by atoms with Gasteiger partial charge in [-0.05, 0) is 49.1 Å². The summed E-state index contributed by atoms with van der Waals surface area (Å²) in [6, 6.07) is 13.8. The lowest BCUT2D eigenvalue weighted by Crippen LogP contribution is -2.52. The highest BCUT2D eigenvalue weighted by molar-refractivity contribution is 6.31. The van der Waals surface area contributed by atoms with E-state index in [4.69, 9.17) is 27.9 Å². The zero-order valence-electron chi connectivity index (χ0n) is 18.4. The molecular formula is C25H30Cl2N2O3. The van der Waals surface area contributed by atoms with Crippen LogP contribution in [0.4, 0.5) is 0 Å². The fourth-order valence-corrected chi connectivity index (χ4v) is 4.43. The Labute approximate surface area is 200 Å². The first-order chi connectivity index (χ1) is 15.5. The first kappa shape index (κ1) is 24.4. The topological polar surface area (TPSA) is 58.6 Å². The van der Waals surface area contributed by atoms with E-state index in [2.05, 4.69) is 5.32 Å². The molecule has 172 valence electrons. The smallest absolute Gasteiger partial charge is 0.261 e. The van der Waals surface area contributed by atoms with Gasteiger partial charge in [-0.2, -0.15) is 0 Å². The number of nitrogens with zero attached hydrogens (tertiary/aromatic N) is 1. The molecule has 1 aliphatic carbocycles. The van der Waals surface area contributed by atoms with Crippen molar-refractivity contribution in [3.63, 3.8) is 0 Å². The summed E-state index contributed by atoms with van der Waals surface area (Å²) in [5, 5.41) is 4.25. The van der Waals surface area contributed by atoms with Gasteiger partial charge in [0.05, 0.1) is 0 Å². The van der Waals surface area contributed by atoms with Gasteiger partial charge in [-0.15, -0.1) is 0 Å². The number of hydrogen-bond acceptors (Lipinski definition) is 3. The Kier molecular flexibility index (Phi) is 9.24. The normalized spacial score (nSPS) is 15.1. The van der Waals surface area contributed by atoms with Crippen LogP contribution in [0.25, 0.3) is 0 Å². The molecule has 1 saturated carbocycles. The van der Waals surface area contributed by atoms with Crippen LogP contribution in [0.3, 0.4) is 0 Å². The first-order valence-electron chi connectivity index (χ1n) is 11.2. The molecule has 7 heteroatoms. The molecule has 1 aliphatic rings. The average Bonchev–Trinajstić information content (AvgIpc) is 2.79. The maximum absolute atomic E-state index is 13.3. The minimum atomic E-state index is -0.608. The lowest BCUT2D eigenvalue weighted by Gasteiger charge is -2.33. The van der Waals surface area contributed by atoms with E-state index in [-0.39, 0.29) is 31.0 Å². The summed E-state index contributed by atoms with van der Waals surface area (Å²) in [4.78, 5) is 28.0. The largest absolute Gasteiger partial charge is 0.484 e. The van der Waals surface area contributed by atoms with Crippen molar-refractivity contribution in [1.29, 1.82) is 0 Å². The number of benzene rings is 2. The molecule has 5 nitrogen and oxygen atoms in total. The Balaban J connectivity index is 1.76. The van der Waals surface area contributed by atoms with Gasteiger partial charge >= 0.3 is 0 Å². The molecule has 2 aromatic rings. The van der Waals surface area contributed by atoms with Gasteiger partial charge in [-0.25, -0.2) is 0 Å². The second-order valence-electron chi connectivity index (χ2n) is 8.13. The Morgan fingerprint density at radius 3 is 2.53 bits per heavy atom. The van der Waals surface area contributed by atoms with E-state index in [0.29, 0.717) is 22.2 Å². The number of ether oxygens (including phenoxy) is 1. The zero-order valence-corrected chi connectivity index (χ0v) is 19.9. The van der Waals surface area contributed by atoms with Gasteiger partial charge in [0, 0.05) is 22.6 Å². The summed E-state index contributed by atoms with van der Waals surface area (Å²) in [5.41, 5.74) is 0.786. The van der Waals surface area contributed by atoms with E-state index in [1.807, 2.05) is 25.1 Å². The Bertz CT molecular complexity index is 916. The minimum absolute atomic E-state index is 0.123. The highest BCUT2D eigenvalue weighted by Gasteiger charge is 2.31. The minimum Gasteiger partial charge on any atom is -0.484 e. The van der Waals surface area contributed by atoms with Crippen LogP contribution >= 0.6 is 23.2 Å². The molecule has 1 N–H and O–H groups in total. The lowest BCUT2D eigenvalue weighted by atomic mass is 9.95. The predicted octanol–water partition coefficient (Wildman–Crippen LogP) is 5.63. The van der Waals surface area contributed by atoms with Gasteiger partial charge in [0.1, 0.15) is 11.8 Å². The standard InChI is InChI=1S/C25H30Cl2N2O3/c1-2-23(25(31)28-20-11-4-3-5-12-20)29(16-18-9-6-7-14-22(18)27)24(30)17-32-21-13-8-10-19(26)15-21/h6-10,13-15,20,23H,2-5,11-12,16-17H2,1H3,(H,28,31)/t23-/m0/s1. The van der Waals surface area contributed by atoms with Crippen LogP contribution in [-0.4, -0.2) is 35.4 Å². The van der Waals surface area contributed by atoms with E-state index in [9.17, 15) is 9.59 Å². The second kappa shape index (κ2) is 12.1. The third-order valence-electron chi connectivity index (χ3n) is 5.79. The van der Waals surface area contributed by atoms with Gasteiger partial charge in [-0.1, -0.05) is 73.7 Å². The van der Waals surface area contributed by atoms with E-state index in [1.165, 1.54) is 6.42 Å². The molecule has 0 aliphatic heterocycles. The zero-order chi connectivity index (χ0) is 22.9. The fourth-order valence-electron chi connectivity index (χ4n) is 4.06. The lowest BCUT2D eigenvalue weighted by molar-refractivity contribution is -0.143. The third-order valence-corrected chi connectivity index (χ3v) is 6.40. The van der Waals surface area contributed by atoms with Crippen molar-refractivity contribution in [2.24, 2.45) is 0 Å². The van der Waals surface area contributed by atoms with Crippen molar-refractivity contribution in [3.8, 4) is 5.75 Å². The van der Waals surface area contributed by atoms with Crippen LogP contribution in [0.5, 0.6) is 5.75 Å². The number of hydrogen-bond donors (Lipinski definition) is 1. The number of carbonyl (C=O) groups excluding carboxylic acids is 2. The number of carbonyl (C=O) groups is 2. The summed E-state index contributed by atoms with van der Waals surface area (Å²) in [6.45, 7) is 1.95. The van der Waals surface area contributed by atoms with Crippen LogP contribution in [0.15, 0.2) is 48.5 Å². The molecule has 0 saturated heterocycles. The highest BCUT2D eigenvalue weighted by atomic mass is 35.5.